The minimum absolute atomic E-state index is 0.0925. The van der Waals surface area contributed by atoms with Gasteiger partial charge in [-0.05, 0) is 54.8 Å². The SMILES string of the molecule is O=C(Cc1ccc(O)cc1)NCCNCC(O)COc1ccc(OCCOC2CCCC2)cc1. The van der Waals surface area contributed by atoms with Gasteiger partial charge in [0.05, 0.1) is 19.1 Å². The summed E-state index contributed by atoms with van der Waals surface area (Å²) in [5.74, 6) is 1.51. The highest BCUT2D eigenvalue weighted by Gasteiger charge is 2.14. The van der Waals surface area contributed by atoms with Crippen LogP contribution in [0.3, 0.4) is 0 Å². The third-order valence-electron chi connectivity index (χ3n) is 5.58. The Kier molecular flexibility index (Phi) is 11.0. The number of phenols is 1. The van der Waals surface area contributed by atoms with Crippen molar-refractivity contribution in [2.24, 2.45) is 0 Å². The first-order chi connectivity index (χ1) is 16.6. The van der Waals surface area contributed by atoms with Crippen LogP contribution in [-0.4, -0.2) is 67.8 Å². The number of carbonyl (C=O) groups excluding carboxylic acids is 1. The third-order valence-corrected chi connectivity index (χ3v) is 5.58. The van der Waals surface area contributed by atoms with Crippen LogP contribution in [0.25, 0.3) is 0 Å². The number of rotatable bonds is 15. The maximum absolute atomic E-state index is 11.9. The molecule has 3 rings (SSSR count). The number of ether oxygens (including phenoxy) is 3. The number of hydrogen-bond acceptors (Lipinski definition) is 7. The maximum Gasteiger partial charge on any atom is 0.224 e. The Bertz CT molecular complexity index is 837. The molecule has 0 aromatic heterocycles. The van der Waals surface area contributed by atoms with E-state index in [4.69, 9.17) is 14.2 Å². The summed E-state index contributed by atoms with van der Waals surface area (Å²) in [5, 5.41) is 25.3. The van der Waals surface area contributed by atoms with Crippen molar-refractivity contribution in [3.63, 3.8) is 0 Å². The first-order valence-corrected chi connectivity index (χ1v) is 12.0. The van der Waals surface area contributed by atoms with Gasteiger partial charge in [0.25, 0.3) is 0 Å². The molecule has 8 heteroatoms. The Balaban J connectivity index is 1.19. The number of amides is 1. The predicted octanol–water partition coefficient (Wildman–Crippen LogP) is 2.42. The standard InChI is InChI=1S/C26H36N2O6/c29-21-7-5-20(6-8-21)17-26(31)28-14-13-27-18-22(30)19-34-25-11-9-24(10-12-25)33-16-15-32-23-3-1-2-4-23/h5-12,22-23,27,29-30H,1-4,13-19H2,(H,28,31). The number of benzene rings is 2. The molecule has 1 fully saturated rings. The lowest BCUT2D eigenvalue weighted by molar-refractivity contribution is -0.120. The average Bonchev–Trinajstić information content (AvgIpc) is 3.36. The van der Waals surface area contributed by atoms with Crippen molar-refractivity contribution in [1.82, 2.24) is 10.6 Å². The van der Waals surface area contributed by atoms with Crippen molar-refractivity contribution in [1.29, 1.82) is 0 Å². The fourth-order valence-electron chi connectivity index (χ4n) is 3.73. The fraction of sp³-hybridized carbons (Fsp3) is 0.500. The highest BCUT2D eigenvalue weighted by molar-refractivity contribution is 5.78. The van der Waals surface area contributed by atoms with E-state index >= 15 is 0 Å². The molecule has 2 aromatic carbocycles. The highest BCUT2D eigenvalue weighted by Crippen LogP contribution is 2.21. The van der Waals surface area contributed by atoms with Crippen LogP contribution in [0.15, 0.2) is 48.5 Å². The second-order valence-corrected chi connectivity index (χ2v) is 8.46. The molecule has 0 saturated heterocycles. The second kappa shape index (κ2) is 14.5. The monoisotopic (exact) mass is 472 g/mol. The van der Waals surface area contributed by atoms with Crippen LogP contribution in [0, 0.1) is 0 Å². The van der Waals surface area contributed by atoms with Gasteiger partial charge in [-0.2, -0.15) is 0 Å². The van der Waals surface area contributed by atoms with E-state index in [1.807, 2.05) is 24.3 Å². The molecular formula is C26H36N2O6. The van der Waals surface area contributed by atoms with Gasteiger partial charge in [-0.3, -0.25) is 4.79 Å². The van der Waals surface area contributed by atoms with Crippen LogP contribution in [-0.2, 0) is 16.0 Å². The zero-order valence-electron chi connectivity index (χ0n) is 19.6. The molecule has 1 atom stereocenters. The van der Waals surface area contributed by atoms with Gasteiger partial charge in [0.2, 0.25) is 5.91 Å². The minimum atomic E-state index is -0.670. The van der Waals surface area contributed by atoms with Crippen molar-refractivity contribution in [2.75, 3.05) is 39.5 Å². The fourth-order valence-corrected chi connectivity index (χ4v) is 3.73. The molecule has 34 heavy (non-hydrogen) atoms. The smallest absolute Gasteiger partial charge is 0.224 e. The number of carbonyl (C=O) groups is 1. The Morgan fingerprint density at radius 1 is 0.941 bits per heavy atom. The Morgan fingerprint density at radius 2 is 1.62 bits per heavy atom. The van der Waals surface area contributed by atoms with Crippen molar-refractivity contribution in [3.8, 4) is 17.2 Å². The van der Waals surface area contributed by atoms with E-state index in [2.05, 4.69) is 10.6 Å². The molecule has 4 N–H and O–H groups in total. The lowest BCUT2D eigenvalue weighted by Gasteiger charge is -2.14. The molecule has 186 valence electrons. The lowest BCUT2D eigenvalue weighted by Crippen LogP contribution is -2.37. The van der Waals surface area contributed by atoms with Gasteiger partial charge < -0.3 is 35.1 Å². The van der Waals surface area contributed by atoms with E-state index in [1.54, 1.807) is 24.3 Å². The summed E-state index contributed by atoms with van der Waals surface area (Å²) in [6, 6.07) is 13.9. The Labute approximate surface area is 201 Å². The largest absolute Gasteiger partial charge is 0.508 e. The molecule has 1 unspecified atom stereocenters. The van der Waals surface area contributed by atoms with Crippen LogP contribution >= 0.6 is 0 Å². The van der Waals surface area contributed by atoms with Crippen molar-refractivity contribution in [3.05, 3.63) is 54.1 Å². The number of hydrogen-bond donors (Lipinski definition) is 4. The predicted molar refractivity (Wildman–Crippen MR) is 129 cm³/mol. The lowest BCUT2D eigenvalue weighted by atomic mass is 10.1. The zero-order chi connectivity index (χ0) is 24.0. The van der Waals surface area contributed by atoms with Gasteiger partial charge in [-0.25, -0.2) is 0 Å². The number of aliphatic hydroxyl groups is 1. The molecule has 0 spiro atoms. The Morgan fingerprint density at radius 3 is 2.32 bits per heavy atom. The second-order valence-electron chi connectivity index (χ2n) is 8.46. The summed E-state index contributed by atoms with van der Waals surface area (Å²) in [7, 11) is 0. The van der Waals surface area contributed by atoms with Crippen molar-refractivity contribution < 1.29 is 29.2 Å². The average molecular weight is 473 g/mol. The maximum atomic E-state index is 11.9. The Hall–Kier alpha value is -2.81. The zero-order valence-corrected chi connectivity index (χ0v) is 19.6. The normalized spacial score (nSPS) is 14.6. The summed E-state index contributed by atoms with van der Waals surface area (Å²) in [6.07, 6.45) is 4.83. The van der Waals surface area contributed by atoms with Crippen LogP contribution in [0.2, 0.25) is 0 Å². The highest BCUT2D eigenvalue weighted by atomic mass is 16.5. The summed E-state index contributed by atoms with van der Waals surface area (Å²) in [5.41, 5.74) is 0.837. The number of phenolic OH excluding ortho intramolecular Hbond substituents is 1. The molecule has 0 aliphatic heterocycles. The number of nitrogens with one attached hydrogen (secondary N) is 2. The molecule has 8 nitrogen and oxygen atoms in total. The van der Waals surface area contributed by atoms with Gasteiger partial charge in [-0.1, -0.05) is 25.0 Å². The van der Waals surface area contributed by atoms with Gasteiger partial charge in [-0.15, -0.1) is 0 Å². The quantitative estimate of drug-likeness (QED) is 0.295. The van der Waals surface area contributed by atoms with Gasteiger partial charge >= 0.3 is 0 Å². The molecule has 0 bridgehead atoms. The summed E-state index contributed by atoms with van der Waals surface area (Å²) in [6.45, 7) is 2.64. The van der Waals surface area contributed by atoms with E-state index in [0.29, 0.717) is 44.7 Å². The van der Waals surface area contributed by atoms with E-state index in [9.17, 15) is 15.0 Å². The summed E-state index contributed by atoms with van der Waals surface area (Å²) in [4.78, 5) is 11.9. The van der Waals surface area contributed by atoms with Crippen LogP contribution in [0.4, 0.5) is 0 Å². The first-order valence-electron chi connectivity index (χ1n) is 12.0. The van der Waals surface area contributed by atoms with E-state index < -0.39 is 6.10 Å². The summed E-state index contributed by atoms with van der Waals surface area (Å²) >= 11 is 0. The molecule has 2 aromatic rings. The molecule has 1 saturated carbocycles. The minimum Gasteiger partial charge on any atom is -0.508 e. The van der Waals surface area contributed by atoms with Crippen LogP contribution in [0.5, 0.6) is 17.2 Å². The number of aliphatic hydroxyl groups excluding tert-OH is 1. The molecular weight excluding hydrogens is 436 g/mol. The van der Waals surface area contributed by atoms with E-state index in [1.165, 1.54) is 12.8 Å². The molecule has 1 aliphatic carbocycles. The topological polar surface area (TPSA) is 109 Å². The van der Waals surface area contributed by atoms with Crippen LogP contribution < -0.4 is 20.1 Å². The first kappa shape index (κ1) is 25.8. The van der Waals surface area contributed by atoms with Gasteiger partial charge in [0, 0.05) is 19.6 Å². The third kappa shape index (κ3) is 9.99. The number of aromatic hydroxyl groups is 1. The van der Waals surface area contributed by atoms with Crippen LogP contribution in [0.1, 0.15) is 31.2 Å². The molecule has 0 heterocycles. The van der Waals surface area contributed by atoms with E-state index in [-0.39, 0.29) is 24.7 Å². The van der Waals surface area contributed by atoms with E-state index in [0.717, 1.165) is 24.2 Å². The summed E-state index contributed by atoms with van der Waals surface area (Å²) < 4.78 is 17.1. The van der Waals surface area contributed by atoms with Gasteiger partial charge in [0.15, 0.2) is 0 Å². The molecule has 1 aliphatic rings. The van der Waals surface area contributed by atoms with Gasteiger partial charge in [0.1, 0.15) is 36.6 Å². The molecule has 1 amide bonds. The van der Waals surface area contributed by atoms with Crippen molar-refractivity contribution >= 4 is 5.91 Å². The van der Waals surface area contributed by atoms with Crippen molar-refractivity contribution in [2.45, 2.75) is 44.3 Å². The molecule has 0 radical (unpaired) electrons.